The van der Waals surface area contributed by atoms with E-state index in [0.29, 0.717) is 18.8 Å². The molecule has 1 amide bonds. The number of hydrogen-bond donors (Lipinski definition) is 0. The second-order valence-electron chi connectivity index (χ2n) is 6.02. The minimum atomic E-state index is -0.147. The number of ether oxygens (including phenoxy) is 1. The van der Waals surface area contributed by atoms with E-state index in [2.05, 4.69) is 34.0 Å². The number of nitrogens with zero attached hydrogens (tertiary/aromatic N) is 4. The summed E-state index contributed by atoms with van der Waals surface area (Å²) in [5.74, 6) is -0.147. The number of rotatable bonds is 4. The zero-order chi connectivity index (χ0) is 16.9. The van der Waals surface area contributed by atoms with Crippen molar-refractivity contribution in [2.75, 3.05) is 33.8 Å². The number of carbonyl (C=O) groups excluding carboxylic acids is 1. The summed E-state index contributed by atoms with van der Waals surface area (Å²) in [5, 5.41) is 0. The number of amides is 1. The molecular weight excluding hydrogens is 304 g/mol. The molecule has 1 aromatic carbocycles. The van der Waals surface area contributed by atoms with Crippen LogP contribution in [0.15, 0.2) is 48.9 Å². The van der Waals surface area contributed by atoms with E-state index in [1.54, 1.807) is 18.1 Å². The molecule has 1 aromatic heterocycles. The van der Waals surface area contributed by atoms with E-state index in [1.165, 1.54) is 18.0 Å². The predicted molar refractivity (Wildman–Crippen MR) is 90.5 cm³/mol. The Kier molecular flexibility index (Phi) is 5.17. The van der Waals surface area contributed by atoms with Crippen molar-refractivity contribution in [2.45, 2.75) is 12.1 Å². The van der Waals surface area contributed by atoms with Crippen LogP contribution in [0.2, 0.25) is 0 Å². The summed E-state index contributed by atoms with van der Waals surface area (Å²) in [6.07, 6.45) is 4.48. The Morgan fingerprint density at radius 3 is 2.83 bits per heavy atom. The zero-order valence-corrected chi connectivity index (χ0v) is 14.0. The van der Waals surface area contributed by atoms with Crippen molar-refractivity contribution < 1.29 is 9.53 Å². The number of morpholine rings is 1. The second-order valence-corrected chi connectivity index (χ2v) is 6.02. The van der Waals surface area contributed by atoms with Crippen molar-refractivity contribution in [3.63, 3.8) is 0 Å². The van der Waals surface area contributed by atoms with E-state index in [0.717, 1.165) is 6.54 Å². The molecule has 2 heterocycles. The number of benzene rings is 1. The van der Waals surface area contributed by atoms with Gasteiger partial charge >= 0.3 is 0 Å². The van der Waals surface area contributed by atoms with E-state index in [1.807, 2.05) is 18.2 Å². The topological polar surface area (TPSA) is 58.6 Å². The molecule has 126 valence electrons. The first kappa shape index (κ1) is 16.5. The molecule has 0 unspecified atom stereocenters. The van der Waals surface area contributed by atoms with Crippen LogP contribution in [0.5, 0.6) is 0 Å². The number of likely N-dealkylation sites (N-methyl/N-ethyl adjacent to an activating group) is 2. The molecule has 1 aliphatic heterocycles. The van der Waals surface area contributed by atoms with Crippen LogP contribution in [-0.4, -0.2) is 65.6 Å². The lowest BCUT2D eigenvalue weighted by Crippen LogP contribution is -2.48. The SMILES string of the molecule is CN(C[C@H]1OCCN(C)[C@@H]1c1ccccc1)C(=O)c1cnccn1. The largest absolute Gasteiger partial charge is 0.373 e. The fourth-order valence-electron chi connectivity index (χ4n) is 3.09. The van der Waals surface area contributed by atoms with Crippen molar-refractivity contribution in [2.24, 2.45) is 0 Å². The third kappa shape index (κ3) is 3.60. The first-order valence-electron chi connectivity index (χ1n) is 8.05. The maximum atomic E-state index is 12.5. The van der Waals surface area contributed by atoms with Gasteiger partial charge < -0.3 is 9.64 Å². The van der Waals surface area contributed by atoms with Gasteiger partial charge in [-0.05, 0) is 12.6 Å². The van der Waals surface area contributed by atoms with Gasteiger partial charge in [-0.25, -0.2) is 4.98 Å². The monoisotopic (exact) mass is 326 g/mol. The maximum absolute atomic E-state index is 12.5. The summed E-state index contributed by atoms with van der Waals surface area (Å²) < 4.78 is 6.00. The molecule has 0 radical (unpaired) electrons. The van der Waals surface area contributed by atoms with Crippen LogP contribution >= 0.6 is 0 Å². The highest BCUT2D eigenvalue weighted by molar-refractivity contribution is 5.91. The van der Waals surface area contributed by atoms with Crippen molar-refractivity contribution in [1.82, 2.24) is 19.8 Å². The Morgan fingerprint density at radius 1 is 1.33 bits per heavy atom. The second kappa shape index (κ2) is 7.51. The van der Waals surface area contributed by atoms with Crippen LogP contribution in [0.25, 0.3) is 0 Å². The highest BCUT2D eigenvalue weighted by Gasteiger charge is 2.33. The lowest BCUT2D eigenvalue weighted by atomic mass is 9.98. The first-order chi connectivity index (χ1) is 11.7. The van der Waals surface area contributed by atoms with Crippen LogP contribution in [-0.2, 0) is 4.74 Å². The van der Waals surface area contributed by atoms with Gasteiger partial charge in [-0.15, -0.1) is 0 Å². The lowest BCUT2D eigenvalue weighted by Gasteiger charge is -2.40. The van der Waals surface area contributed by atoms with Gasteiger partial charge in [0.05, 0.1) is 24.9 Å². The zero-order valence-electron chi connectivity index (χ0n) is 14.0. The van der Waals surface area contributed by atoms with Gasteiger partial charge in [0.25, 0.3) is 5.91 Å². The molecule has 1 aliphatic rings. The average molecular weight is 326 g/mol. The van der Waals surface area contributed by atoms with Crippen molar-refractivity contribution in [3.8, 4) is 0 Å². The van der Waals surface area contributed by atoms with Gasteiger partial charge in [0.2, 0.25) is 0 Å². The van der Waals surface area contributed by atoms with Crippen LogP contribution in [0.1, 0.15) is 22.1 Å². The highest BCUT2D eigenvalue weighted by atomic mass is 16.5. The Hall–Kier alpha value is -2.31. The smallest absolute Gasteiger partial charge is 0.273 e. The van der Waals surface area contributed by atoms with Crippen LogP contribution in [0.3, 0.4) is 0 Å². The van der Waals surface area contributed by atoms with Gasteiger partial charge in [0.15, 0.2) is 0 Å². The number of carbonyl (C=O) groups is 1. The summed E-state index contributed by atoms with van der Waals surface area (Å²) in [6, 6.07) is 10.4. The average Bonchev–Trinajstić information content (AvgIpc) is 2.62. The molecule has 0 saturated carbocycles. The summed E-state index contributed by atoms with van der Waals surface area (Å²) in [5.41, 5.74) is 1.55. The molecule has 3 rings (SSSR count). The van der Waals surface area contributed by atoms with E-state index in [9.17, 15) is 4.79 Å². The minimum absolute atomic E-state index is 0.0863. The quantitative estimate of drug-likeness (QED) is 0.854. The highest BCUT2D eigenvalue weighted by Crippen LogP contribution is 2.28. The van der Waals surface area contributed by atoms with Crippen LogP contribution in [0, 0.1) is 0 Å². The molecular formula is C18H22N4O2. The number of aromatic nitrogens is 2. The third-order valence-electron chi connectivity index (χ3n) is 4.33. The molecule has 1 saturated heterocycles. The van der Waals surface area contributed by atoms with Crippen molar-refractivity contribution in [1.29, 1.82) is 0 Å². The first-order valence-corrected chi connectivity index (χ1v) is 8.05. The Bertz CT molecular complexity index is 665. The fraction of sp³-hybridized carbons (Fsp3) is 0.389. The molecule has 0 aliphatic carbocycles. The lowest BCUT2D eigenvalue weighted by molar-refractivity contribution is -0.0708. The van der Waals surface area contributed by atoms with Gasteiger partial charge in [0.1, 0.15) is 5.69 Å². The van der Waals surface area contributed by atoms with Crippen molar-refractivity contribution >= 4 is 5.91 Å². The fourth-order valence-corrected chi connectivity index (χ4v) is 3.09. The predicted octanol–water partition coefficient (Wildman–Crippen LogP) is 1.62. The standard InChI is InChI=1S/C18H22N4O2/c1-21-10-11-24-16(17(21)14-6-4-3-5-7-14)13-22(2)18(23)15-12-19-8-9-20-15/h3-9,12,16-17H,10-11,13H2,1-2H3/t16-,17-/m1/s1. The molecule has 0 N–H and O–H groups in total. The molecule has 1 fully saturated rings. The summed E-state index contributed by atoms with van der Waals surface area (Å²) in [4.78, 5) is 24.5. The van der Waals surface area contributed by atoms with Crippen LogP contribution < -0.4 is 0 Å². The van der Waals surface area contributed by atoms with Gasteiger partial charge in [-0.1, -0.05) is 30.3 Å². The van der Waals surface area contributed by atoms with E-state index in [-0.39, 0.29) is 18.1 Å². The van der Waals surface area contributed by atoms with E-state index in [4.69, 9.17) is 4.74 Å². The molecule has 0 spiro atoms. The molecule has 24 heavy (non-hydrogen) atoms. The van der Waals surface area contributed by atoms with Crippen LogP contribution in [0.4, 0.5) is 0 Å². The summed E-state index contributed by atoms with van der Waals surface area (Å²) in [7, 11) is 3.87. The summed E-state index contributed by atoms with van der Waals surface area (Å²) in [6.45, 7) is 2.04. The van der Waals surface area contributed by atoms with E-state index < -0.39 is 0 Å². The summed E-state index contributed by atoms with van der Waals surface area (Å²) >= 11 is 0. The Morgan fingerprint density at radius 2 is 2.12 bits per heavy atom. The Balaban J connectivity index is 1.75. The molecule has 2 atom stereocenters. The Labute approximate surface area is 142 Å². The molecule has 6 nitrogen and oxygen atoms in total. The normalized spacial score (nSPS) is 21.4. The number of hydrogen-bond acceptors (Lipinski definition) is 5. The van der Waals surface area contributed by atoms with Crippen molar-refractivity contribution in [3.05, 3.63) is 60.2 Å². The molecule has 6 heteroatoms. The third-order valence-corrected chi connectivity index (χ3v) is 4.33. The maximum Gasteiger partial charge on any atom is 0.273 e. The molecule has 2 aromatic rings. The van der Waals surface area contributed by atoms with E-state index >= 15 is 0 Å². The van der Waals surface area contributed by atoms with Gasteiger partial charge in [-0.3, -0.25) is 14.7 Å². The van der Waals surface area contributed by atoms with Gasteiger partial charge in [0, 0.05) is 32.5 Å². The minimum Gasteiger partial charge on any atom is -0.373 e. The van der Waals surface area contributed by atoms with Gasteiger partial charge in [-0.2, -0.15) is 0 Å². The molecule has 0 bridgehead atoms.